The number of amides is 1. The number of hydrogen-bond acceptors (Lipinski definition) is 5. The molecule has 1 unspecified atom stereocenters. The van der Waals surface area contributed by atoms with Gasteiger partial charge in [-0.25, -0.2) is 4.98 Å². The minimum Gasteiger partial charge on any atom is -0.490 e. The number of rotatable bonds is 9. The molecule has 0 aliphatic heterocycles. The van der Waals surface area contributed by atoms with Crippen molar-refractivity contribution in [3.63, 3.8) is 0 Å². The zero-order chi connectivity index (χ0) is 21.2. The molecular weight excluding hydrogens is 513 g/mol. The van der Waals surface area contributed by atoms with Crippen molar-refractivity contribution in [1.82, 2.24) is 20.9 Å². The van der Waals surface area contributed by atoms with Crippen molar-refractivity contribution in [1.29, 1.82) is 0 Å². The third-order valence-corrected chi connectivity index (χ3v) is 5.38. The average molecular weight is 545 g/mol. The second-order valence-electron chi connectivity index (χ2n) is 6.82. The van der Waals surface area contributed by atoms with Crippen LogP contribution in [0.4, 0.5) is 0 Å². The fourth-order valence-corrected chi connectivity index (χ4v) is 3.29. The number of guanidine groups is 1. The van der Waals surface area contributed by atoms with Crippen LogP contribution in [0.5, 0.6) is 5.75 Å². The second kappa shape index (κ2) is 13.4. The fourth-order valence-electron chi connectivity index (χ4n) is 2.57. The summed E-state index contributed by atoms with van der Waals surface area (Å²) in [7, 11) is 1.72. The molecule has 1 aromatic heterocycles. The maximum Gasteiger partial charge on any atom is 0.263 e. The molecular formula is C21H32IN5O2S. The van der Waals surface area contributed by atoms with Crippen LogP contribution in [0.25, 0.3) is 0 Å². The van der Waals surface area contributed by atoms with Gasteiger partial charge in [-0.15, -0.1) is 35.3 Å². The number of halogens is 1. The van der Waals surface area contributed by atoms with Gasteiger partial charge in [-0.1, -0.05) is 19.1 Å². The molecule has 0 spiro atoms. The normalized spacial score (nSPS) is 12.0. The number of aryl methyl sites for hydroxylation is 2. The maximum atomic E-state index is 12.1. The van der Waals surface area contributed by atoms with Gasteiger partial charge in [-0.2, -0.15) is 0 Å². The smallest absolute Gasteiger partial charge is 0.263 e. The monoisotopic (exact) mass is 545 g/mol. The van der Waals surface area contributed by atoms with Crippen LogP contribution in [0.3, 0.4) is 0 Å². The summed E-state index contributed by atoms with van der Waals surface area (Å²) >= 11 is 1.35. The standard InChI is InChI=1S/C21H31N5O2S.HI/c1-6-15(3)28-18-11-14(2)7-8-17(18)12-25-21(22-5)24-10-9-23-20(27)19-16(4)26-13-29-19;/h7-8,11,13,15H,6,9-10,12H2,1-5H3,(H,23,27)(H2,22,24,25);1H. The number of benzene rings is 1. The van der Waals surface area contributed by atoms with E-state index in [9.17, 15) is 4.79 Å². The van der Waals surface area contributed by atoms with Crippen LogP contribution < -0.4 is 20.7 Å². The molecule has 0 saturated heterocycles. The number of thiazole rings is 1. The summed E-state index contributed by atoms with van der Waals surface area (Å²) in [6.45, 7) is 9.72. The number of nitrogens with one attached hydrogen (secondary N) is 3. The predicted molar refractivity (Wildman–Crippen MR) is 134 cm³/mol. The first-order chi connectivity index (χ1) is 13.9. The zero-order valence-electron chi connectivity index (χ0n) is 18.2. The molecule has 2 aromatic rings. The highest BCUT2D eigenvalue weighted by molar-refractivity contribution is 14.0. The Morgan fingerprint density at radius 2 is 1.97 bits per heavy atom. The maximum absolute atomic E-state index is 12.1. The molecule has 0 fully saturated rings. The highest BCUT2D eigenvalue weighted by Gasteiger charge is 2.11. The molecule has 9 heteroatoms. The molecule has 0 aliphatic rings. The largest absolute Gasteiger partial charge is 0.490 e. The summed E-state index contributed by atoms with van der Waals surface area (Å²) < 4.78 is 6.06. The molecule has 1 heterocycles. The number of carbonyl (C=O) groups is 1. The average Bonchev–Trinajstić information content (AvgIpc) is 3.14. The first-order valence-electron chi connectivity index (χ1n) is 9.83. The Hall–Kier alpha value is -1.88. The van der Waals surface area contributed by atoms with Crippen LogP contribution >= 0.6 is 35.3 Å². The van der Waals surface area contributed by atoms with Crippen LogP contribution in [0.15, 0.2) is 28.7 Å². The summed E-state index contributed by atoms with van der Waals surface area (Å²) in [4.78, 5) is 21.1. The number of nitrogens with zero attached hydrogens (tertiary/aromatic N) is 2. The lowest BCUT2D eigenvalue weighted by molar-refractivity contribution is 0.0957. The van der Waals surface area contributed by atoms with Gasteiger partial charge in [-0.3, -0.25) is 9.79 Å². The Morgan fingerprint density at radius 3 is 2.60 bits per heavy atom. The lowest BCUT2D eigenvalue weighted by Gasteiger charge is -2.18. The highest BCUT2D eigenvalue weighted by Crippen LogP contribution is 2.22. The zero-order valence-corrected chi connectivity index (χ0v) is 21.4. The molecule has 1 aromatic carbocycles. The lowest BCUT2D eigenvalue weighted by atomic mass is 10.1. The van der Waals surface area contributed by atoms with Gasteiger partial charge in [0.25, 0.3) is 5.91 Å². The van der Waals surface area contributed by atoms with E-state index in [2.05, 4.69) is 64.9 Å². The number of aromatic nitrogens is 1. The fraction of sp³-hybridized carbons (Fsp3) is 0.476. The predicted octanol–water partition coefficient (Wildman–Crippen LogP) is 3.65. The van der Waals surface area contributed by atoms with Gasteiger partial charge < -0.3 is 20.7 Å². The Kier molecular flexibility index (Phi) is 11.7. The van der Waals surface area contributed by atoms with E-state index in [1.54, 1.807) is 12.6 Å². The van der Waals surface area contributed by atoms with Crippen molar-refractivity contribution < 1.29 is 9.53 Å². The molecule has 0 saturated carbocycles. The lowest BCUT2D eigenvalue weighted by Crippen LogP contribution is -2.41. The molecule has 7 nitrogen and oxygen atoms in total. The number of carbonyl (C=O) groups excluding carboxylic acids is 1. The molecule has 0 radical (unpaired) electrons. The summed E-state index contributed by atoms with van der Waals surface area (Å²) in [5, 5.41) is 9.40. The summed E-state index contributed by atoms with van der Waals surface area (Å²) in [5.74, 6) is 1.47. The van der Waals surface area contributed by atoms with Crippen molar-refractivity contribution >= 4 is 47.2 Å². The van der Waals surface area contributed by atoms with Gasteiger partial charge in [0.15, 0.2) is 5.96 Å². The van der Waals surface area contributed by atoms with E-state index >= 15 is 0 Å². The van der Waals surface area contributed by atoms with E-state index in [0.29, 0.717) is 30.5 Å². The Balaban J connectivity index is 0.00000450. The van der Waals surface area contributed by atoms with Crippen LogP contribution in [-0.4, -0.2) is 43.1 Å². The number of hydrogen-bond donors (Lipinski definition) is 3. The van der Waals surface area contributed by atoms with Gasteiger partial charge in [0, 0.05) is 32.2 Å². The van der Waals surface area contributed by atoms with Crippen LogP contribution in [0, 0.1) is 13.8 Å². The third kappa shape index (κ3) is 8.10. The van der Waals surface area contributed by atoms with Crippen LogP contribution in [0.1, 0.15) is 46.8 Å². The molecule has 2 rings (SSSR count). The van der Waals surface area contributed by atoms with Crippen molar-refractivity contribution in [2.45, 2.75) is 46.8 Å². The van der Waals surface area contributed by atoms with Crippen LogP contribution in [-0.2, 0) is 6.54 Å². The van der Waals surface area contributed by atoms with Crippen molar-refractivity contribution in [3.05, 3.63) is 45.4 Å². The van der Waals surface area contributed by atoms with Gasteiger partial charge in [-0.05, 0) is 38.8 Å². The van der Waals surface area contributed by atoms with Gasteiger partial charge in [0.2, 0.25) is 0 Å². The molecule has 3 N–H and O–H groups in total. The van der Waals surface area contributed by atoms with E-state index in [4.69, 9.17) is 4.74 Å². The molecule has 30 heavy (non-hydrogen) atoms. The Morgan fingerprint density at radius 1 is 1.23 bits per heavy atom. The van der Waals surface area contributed by atoms with E-state index in [0.717, 1.165) is 23.4 Å². The Bertz CT molecular complexity index is 841. The van der Waals surface area contributed by atoms with Gasteiger partial charge >= 0.3 is 0 Å². The molecule has 166 valence electrons. The van der Waals surface area contributed by atoms with Crippen molar-refractivity contribution in [3.8, 4) is 5.75 Å². The topological polar surface area (TPSA) is 87.6 Å². The van der Waals surface area contributed by atoms with Crippen LogP contribution in [0.2, 0.25) is 0 Å². The minimum atomic E-state index is -0.0961. The van der Waals surface area contributed by atoms with Crippen molar-refractivity contribution in [2.75, 3.05) is 20.1 Å². The summed E-state index contributed by atoms with van der Waals surface area (Å²) in [6, 6.07) is 6.22. The first-order valence-corrected chi connectivity index (χ1v) is 10.7. The van der Waals surface area contributed by atoms with E-state index in [1.807, 2.05) is 6.92 Å². The molecule has 0 aliphatic carbocycles. The number of ether oxygens (including phenoxy) is 1. The van der Waals surface area contributed by atoms with Gasteiger partial charge in [0.05, 0.1) is 17.3 Å². The molecule has 0 bridgehead atoms. The summed E-state index contributed by atoms with van der Waals surface area (Å²) in [5.41, 5.74) is 4.68. The third-order valence-electron chi connectivity index (χ3n) is 4.45. The van der Waals surface area contributed by atoms with E-state index in [-0.39, 0.29) is 36.0 Å². The molecule has 1 amide bonds. The molecule has 1 atom stereocenters. The van der Waals surface area contributed by atoms with Crippen molar-refractivity contribution in [2.24, 2.45) is 4.99 Å². The minimum absolute atomic E-state index is 0. The van der Waals surface area contributed by atoms with E-state index < -0.39 is 0 Å². The second-order valence-corrected chi connectivity index (χ2v) is 7.68. The summed E-state index contributed by atoms with van der Waals surface area (Å²) in [6.07, 6.45) is 1.12. The Labute approximate surface area is 200 Å². The highest BCUT2D eigenvalue weighted by atomic mass is 127. The first kappa shape index (κ1) is 26.2. The quantitative estimate of drug-likeness (QED) is 0.194. The number of aliphatic imine (C=N–C) groups is 1. The SMILES string of the molecule is CCC(C)Oc1cc(C)ccc1CNC(=NC)NCCNC(=O)c1scnc1C.I. The van der Waals surface area contributed by atoms with Gasteiger partial charge in [0.1, 0.15) is 10.6 Å². The van der Waals surface area contributed by atoms with E-state index in [1.165, 1.54) is 16.9 Å².